The summed E-state index contributed by atoms with van der Waals surface area (Å²) in [5.41, 5.74) is 3.63. The minimum Gasteiger partial charge on any atom is -0.545 e. The molecule has 0 unspecified atom stereocenters. The van der Waals surface area contributed by atoms with Gasteiger partial charge in [-0.15, -0.1) is 0 Å². The molecule has 0 aliphatic carbocycles. The molecule has 3 aromatic rings. The van der Waals surface area contributed by atoms with Gasteiger partial charge < -0.3 is 14.5 Å². The molecule has 1 aromatic heterocycles. The van der Waals surface area contributed by atoms with Crippen molar-refractivity contribution in [1.82, 2.24) is 4.57 Å². The van der Waals surface area contributed by atoms with Gasteiger partial charge in [-0.2, -0.15) is 0 Å². The van der Waals surface area contributed by atoms with Gasteiger partial charge >= 0.3 is 0 Å². The lowest BCUT2D eigenvalue weighted by molar-refractivity contribution is -0.255. The molecular weight excluding hydrogens is 262 g/mol. The quantitative estimate of drug-likeness (QED) is 0.738. The number of para-hydroxylation sites is 1. The molecule has 0 aliphatic heterocycles. The Morgan fingerprint density at radius 3 is 2.10 bits per heavy atom. The lowest BCUT2D eigenvalue weighted by Crippen LogP contribution is -2.22. The fraction of sp³-hybridized carbons (Fsp3) is 0.0556. The maximum absolute atomic E-state index is 11.3. The summed E-state index contributed by atoms with van der Waals surface area (Å²) in [6.45, 7) is 1.80. The molecule has 0 amide bonds. The molecule has 1 heterocycles. The molecule has 0 N–H and O–H groups in total. The van der Waals surface area contributed by atoms with Crippen molar-refractivity contribution in [3.05, 3.63) is 78.0 Å². The number of benzene rings is 2. The first-order valence-electron chi connectivity index (χ1n) is 6.73. The van der Waals surface area contributed by atoms with Crippen LogP contribution in [-0.4, -0.2) is 10.5 Å². The molecule has 0 fully saturated rings. The molecule has 3 heteroatoms. The molecule has 0 bridgehead atoms. The Morgan fingerprint density at radius 1 is 0.952 bits per heavy atom. The minimum atomic E-state index is -1.15. The molecule has 3 nitrogen and oxygen atoms in total. The van der Waals surface area contributed by atoms with Crippen LogP contribution in [0.15, 0.2) is 66.7 Å². The second-order valence-corrected chi connectivity index (χ2v) is 4.85. The zero-order chi connectivity index (χ0) is 14.8. The number of aromatic carboxylic acids is 1. The van der Waals surface area contributed by atoms with Gasteiger partial charge in [0.25, 0.3) is 0 Å². The molecule has 3 rings (SSSR count). The summed E-state index contributed by atoms with van der Waals surface area (Å²) in [5, 5.41) is 11.3. The van der Waals surface area contributed by atoms with E-state index in [-0.39, 0.29) is 5.56 Å². The van der Waals surface area contributed by atoms with Crippen LogP contribution in [0.1, 0.15) is 16.1 Å². The number of carbonyl (C=O) groups is 1. The van der Waals surface area contributed by atoms with Crippen LogP contribution in [-0.2, 0) is 0 Å². The smallest absolute Gasteiger partial charge is 0.0733 e. The van der Waals surface area contributed by atoms with Crippen LogP contribution < -0.4 is 5.11 Å². The molecule has 104 valence electrons. The van der Waals surface area contributed by atoms with Crippen molar-refractivity contribution in [3.63, 3.8) is 0 Å². The van der Waals surface area contributed by atoms with Crippen molar-refractivity contribution < 1.29 is 9.90 Å². The van der Waals surface area contributed by atoms with E-state index in [2.05, 4.69) is 0 Å². The van der Waals surface area contributed by atoms with Crippen LogP contribution >= 0.6 is 0 Å². The Kier molecular flexibility index (Phi) is 3.32. The zero-order valence-electron chi connectivity index (χ0n) is 11.6. The van der Waals surface area contributed by atoms with Crippen molar-refractivity contribution in [3.8, 4) is 16.9 Å². The van der Waals surface area contributed by atoms with Crippen molar-refractivity contribution in [2.45, 2.75) is 6.92 Å². The Morgan fingerprint density at radius 2 is 1.52 bits per heavy atom. The lowest BCUT2D eigenvalue weighted by atomic mass is 10.1. The summed E-state index contributed by atoms with van der Waals surface area (Å²) in [7, 11) is 0. The fourth-order valence-electron chi connectivity index (χ4n) is 2.54. The molecule has 0 saturated carbocycles. The lowest BCUT2D eigenvalue weighted by Gasteiger charge is -2.12. The summed E-state index contributed by atoms with van der Waals surface area (Å²) in [5.74, 6) is -1.15. The number of hydrogen-bond acceptors (Lipinski definition) is 2. The van der Waals surface area contributed by atoms with E-state index in [4.69, 9.17) is 0 Å². The van der Waals surface area contributed by atoms with E-state index in [1.807, 2.05) is 65.2 Å². The van der Waals surface area contributed by atoms with Crippen molar-refractivity contribution >= 4 is 5.97 Å². The number of nitrogens with zero attached hydrogens (tertiary/aromatic N) is 1. The van der Waals surface area contributed by atoms with Gasteiger partial charge in [-0.25, -0.2) is 0 Å². The van der Waals surface area contributed by atoms with Gasteiger partial charge in [0.15, 0.2) is 0 Å². The monoisotopic (exact) mass is 276 g/mol. The third-order valence-electron chi connectivity index (χ3n) is 3.55. The number of rotatable bonds is 3. The first kappa shape index (κ1) is 13.2. The molecule has 2 aromatic carbocycles. The van der Waals surface area contributed by atoms with E-state index < -0.39 is 5.97 Å². The highest BCUT2D eigenvalue weighted by Gasteiger charge is 2.15. The van der Waals surface area contributed by atoms with E-state index in [9.17, 15) is 9.90 Å². The number of carboxylic acid groups (broad SMARTS) is 1. The Hall–Kier alpha value is -2.81. The fourth-order valence-corrected chi connectivity index (χ4v) is 2.54. The topological polar surface area (TPSA) is 45.1 Å². The van der Waals surface area contributed by atoms with Gasteiger partial charge in [0, 0.05) is 16.9 Å². The third kappa shape index (κ3) is 2.34. The van der Waals surface area contributed by atoms with E-state index >= 15 is 0 Å². The summed E-state index contributed by atoms with van der Waals surface area (Å²) in [6, 6.07) is 21.1. The Labute approximate surface area is 123 Å². The first-order valence-corrected chi connectivity index (χ1v) is 6.73. The Balaban J connectivity index is 2.29. The van der Waals surface area contributed by atoms with Crippen LogP contribution in [0.5, 0.6) is 0 Å². The summed E-state index contributed by atoms with van der Waals surface area (Å²) >= 11 is 0. The van der Waals surface area contributed by atoms with Gasteiger partial charge in [0.05, 0.1) is 11.7 Å². The highest BCUT2D eigenvalue weighted by molar-refractivity contribution is 5.90. The highest BCUT2D eigenvalue weighted by atomic mass is 16.4. The maximum Gasteiger partial charge on any atom is 0.0733 e. The SMILES string of the molecule is Cc1c(C(=O)[O-])cc(-c2ccccc2)n1-c1ccccc1. The average Bonchev–Trinajstić information content (AvgIpc) is 2.87. The molecule has 0 spiro atoms. The summed E-state index contributed by atoms with van der Waals surface area (Å²) in [4.78, 5) is 11.3. The second-order valence-electron chi connectivity index (χ2n) is 4.85. The first-order chi connectivity index (χ1) is 10.2. The molecule has 0 aliphatic rings. The number of aromatic nitrogens is 1. The third-order valence-corrected chi connectivity index (χ3v) is 3.55. The van der Waals surface area contributed by atoms with Crippen LogP contribution in [0.3, 0.4) is 0 Å². The zero-order valence-corrected chi connectivity index (χ0v) is 11.6. The largest absolute Gasteiger partial charge is 0.545 e. The van der Waals surface area contributed by atoms with Gasteiger partial charge in [-0.3, -0.25) is 0 Å². The standard InChI is InChI=1S/C18H15NO2/c1-13-16(18(20)21)12-17(14-8-4-2-5-9-14)19(13)15-10-6-3-7-11-15/h2-12H,1H3,(H,20,21)/p-1. The summed E-state index contributed by atoms with van der Waals surface area (Å²) < 4.78 is 1.94. The average molecular weight is 276 g/mol. The van der Waals surface area contributed by atoms with E-state index in [1.165, 1.54) is 0 Å². The van der Waals surface area contributed by atoms with Crippen LogP contribution in [0, 0.1) is 6.92 Å². The number of carboxylic acids is 1. The molecular formula is C18H14NO2-. The van der Waals surface area contributed by atoms with E-state index in [0.29, 0.717) is 5.69 Å². The predicted molar refractivity (Wildman–Crippen MR) is 80.3 cm³/mol. The second kappa shape index (κ2) is 5.29. The van der Waals surface area contributed by atoms with Crippen LogP contribution in [0.2, 0.25) is 0 Å². The van der Waals surface area contributed by atoms with E-state index in [0.717, 1.165) is 16.9 Å². The van der Waals surface area contributed by atoms with Gasteiger partial charge in [0.2, 0.25) is 0 Å². The van der Waals surface area contributed by atoms with Gasteiger partial charge in [-0.05, 0) is 30.7 Å². The molecule has 0 atom stereocenters. The summed E-state index contributed by atoms with van der Waals surface area (Å²) in [6.07, 6.45) is 0. The molecule has 21 heavy (non-hydrogen) atoms. The van der Waals surface area contributed by atoms with Gasteiger partial charge in [-0.1, -0.05) is 48.5 Å². The Bertz CT molecular complexity index is 774. The van der Waals surface area contributed by atoms with Crippen LogP contribution in [0.4, 0.5) is 0 Å². The molecule has 0 saturated heterocycles. The maximum atomic E-state index is 11.3. The minimum absolute atomic E-state index is 0.220. The van der Waals surface area contributed by atoms with Crippen LogP contribution in [0.25, 0.3) is 16.9 Å². The highest BCUT2D eigenvalue weighted by Crippen LogP contribution is 2.29. The normalized spacial score (nSPS) is 10.5. The van der Waals surface area contributed by atoms with Crippen molar-refractivity contribution in [1.29, 1.82) is 0 Å². The predicted octanol–water partition coefficient (Wildman–Crippen LogP) is 2.82. The number of carbonyl (C=O) groups excluding carboxylic acids is 1. The molecule has 0 radical (unpaired) electrons. The van der Waals surface area contributed by atoms with E-state index in [1.54, 1.807) is 13.0 Å². The van der Waals surface area contributed by atoms with Crippen molar-refractivity contribution in [2.75, 3.05) is 0 Å². The van der Waals surface area contributed by atoms with Gasteiger partial charge in [0.1, 0.15) is 0 Å². The van der Waals surface area contributed by atoms with Crippen molar-refractivity contribution in [2.24, 2.45) is 0 Å². The number of hydrogen-bond donors (Lipinski definition) is 0.